The lowest BCUT2D eigenvalue weighted by molar-refractivity contribution is -0.129. The normalized spacial score (nSPS) is 10.4. The minimum atomic E-state index is -0.267. The monoisotopic (exact) mass is 409 g/mol. The number of ether oxygens (including phenoxy) is 1. The van der Waals surface area contributed by atoms with Crippen molar-refractivity contribution >= 4 is 28.8 Å². The third kappa shape index (κ3) is 5.20. The van der Waals surface area contributed by atoms with Gasteiger partial charge in [0.1, 0.15) is 16.5 Å². The molecule has 1 N–H and O–H groups in total. The van der Waals surface area contributed by atoms with Gasteiger partial charge in [0.25, 0.3) is 5.91 Å². The van der Waals surface area contributed by atoms with Gasteiger partial charge in [0.15, 0.2) is 0 Å². The van der Waals surface area contributed by atoms with Crippen LogP contribution in [0.1, 0.15) is 29.9 Å². The number of amides is 2. The summed E-state index contributed by atoms with van der Waals surface area (Å²) in [4.78, 5) is 30.4. The molecule has 0 aliphatic heterocycles. The van der Waals surface area contributed by atoms with Gasteiger partial charge in [0.05, 0.1) is 7.11 Å². The van der Waals surface area contributed by atoms with Crippen molar-refractivity contribution in [2.75, 3.05) is 19.0 Å². The molecule has 0 unspecified atom stereocenters. The number of carbonyl (C=O) groups is 2. The Kier molecular flexibility index (Phi) is 6.61. The Hall–Kier alpha value is -3.19. The predicted octanol–water partition coefficient (Wildman–Crippen LogP) is 4.44. The van der Waals surface area contributed by atoms with Gasteiger partial charge < -0.3 is 15.0 Å². The van der Waals surface area contributed by atoms with Gasteiger partial charge in [-0.05, 0) is 48.9 Å². The van der Waals surface area contributed by atoms with E-state index in [9.17, 15) is 9.59 Å². The van der Waals surface area contributed by atoms with Crippen LogP contribution in [-0.2, 0) is 11.3 Å². The number of benzene rings is 2. The van der Waals surface area contributed by atoms with Gasteiger partial charge >= 0.3 is 0 Å². The molecule has 3 rings (SSSR count). The maximum absolute atomic E-state index is 12.6. The molecule has 3 aromatic rings. The predicted molar refractivity (Wildman–Crippen MR) is 115 cm³/mol. The molecule has 1 heterocycles. The highest BCUT2D eigenvalue weighted by Gasteiger charge is 2.13. The highest BCUT2D eigenvalue weighted by molar-refractivity contribution is 7.13. The number of nitrogens with one attached hydrogen (secondary N) is 1. The first-order chi connectivity index (χ1) is 14.0. The van der Waals surface area contributed by atoms with E-state index in [1.807, 2.05) is 55.5 Å². The van der Waals surface area contributed by atoms with Crippen molar-refractivity contribution in [1.82, 2.24) is 9.88 Å². The van der Waals surface area contributed by atoms with Crippen LogP contribution in [0, 0.1) is 0 Å². The second kappa shape index (κ2) is 9.34. The van der Waals surface area contributed by atoms with Crippen molar-refractivity contribution in [3.63, 3.8) is 0 Å². The van der Waals surface area contributed by atoms with Crippen molar-refractivity contribution in [3.05, 3.63) is 65.2 Å². The first-order valence-corrected chi connectivity index (χ1v) is 10.1. The molecule has 0 aliphatic carbocycles. The third-order valence-electron chi connectivity index (χ3n) is 4.46. The summed E-state index contributed by atoms with van der Waals surface area (Å²) in [6.07, 6.45) is 0. The molecule has 0 atom stereocenters. The number of carbonyl (C=O) groups excluding carboxylic acids is 2. The van der Waals surface area contributed by atoms with E-state index in [1.54, 1.807) is 24.3 Å². The van der Waals surface area contributed by atoms with E-state index in [0.717, 1.165) is 21.9 Å². The van der Waals surface area contributed by atoms with Gasteiger partial charge in [-0.15, -0.1) is 11.3 Å². The van der Waals surface area contributed by atoms with Crippen LogP contribution in [0.4, 0.5) is 5.69 Å². The molecule has 6 nitrogen and oxygen atoms in total. The minimum Gasteiger partial charge on any atom is -0.497 e. The standard InChI is InChI=1S/C22H23N3O3S/c1-4-25(15(2)26)13-16-6-5-7-18(12-16)23-21(27)20-14-29-22(24-20)17-8-10-19(28-3)11-9-17/h5-12,14H,4,13H2,1-3H3,(H,23,27). The molecule has 0 aliphatic rings. The Balaban J connectivity index is 1.70. The van der Waals surface area contributed by atoms with E-state index >= 15 is 0 Å². The number of rotatable bonds is 7. The highest BCUT2D eigenvalue weighted by atomic mass is 32.1. The Morgan fingerprint density at radius 3 is 2.59 bits per heavy atom. The van der Waals surface area contributed by atoms with E-state index in [0.29, 0.717) is 24.5 Å². The van der Waals surface area contributed by atoms with Gasteiger partial charge in [0.2, 0.25) is 5.91 Å². The van der Waals surface area contributed by atoms with Crippen LogP contribution >= 0.6 is 11.3 Å². The SMILES string of the molecule is CCN(Cc1cccc(NC(=O)c2csc(-c3ccc(OC)cc3)n2)c1)C(C)=O. The molecule has 0 fully saturated rings. The van der Waals surface area contributed by atoms with E-state index in [2.05, 4.69) is 10.3 Å². The van der Waals surface area contributed by atoms with Crippen molar-refractivity contribution in [3.8, 4) is 16.3 Å². The summed E-state index contributed by atoms with van der Waals surface area (Å²) in [6, 6.07) is 15.1. The minimum absolute atomic E-state index is 0.0236. The van der Waals surface area contributed by atoms with Crippen LogP contribution in [0.15, 0.2) is 53.9 Å². The summed E-state index contributed by atoms with van der Waals surface area (Å²) in [7, 11) is 1.62. The number of aromatic nitrogens is 1. The van der Waals surface area contributed by atoms with Crippen molar-refractivity contribution < 1.29 is 14.3 Å². The number of methoxy groups -OCH3 is 1. The van der Waals surface area contributed by atoms with Crippen LogP contribution in [-0.4, -0.2) is 35.4 Å². The second-order valence-corrected chi connectivity index (χ2v) is 7.31. The quantitative estimate of drug-likeness (QED) is 0.626. The van der Waals surface area contributed by atoms with Crippen molar-refractivity contribution in [1.29, 1.82) is 0 Å². The number of hydrogen-bond acceptors (Lipinski definition) is 5. The summed E-state index contributed by atoms with van der Waals surface area (Å²) in [5.41, 5.74) is 2.93. The molecule has 0 saturated heterocycles. The van der Waals surface area contributed by atoms with Crippen molar-refractivity contribution in [2.24, 2.45) is 0 Å². The second-order valence-electron chi connectivity index (χ2n) is 6.45. The van der Waals surface area contributed by atoms with Crippen molar-refractivity contribution in [2.45, 2.75) is 20.4 Å². The molecule has 2 amide bonds. The summed E-state index contributed by atoms with van der Waals surface area (Å²) < 4.78 is 5.17. The summed E-state index contributed by atoms with van der Waals surface area (Å²) >= 11 is 1.42. The van der Waals surface area contributed by atoms with E-state index in [-0.39, 0.29) is 11.8 Å². The lowest BCUT2D eigenvalue weighted by Gasteiger charge is -2.19. The Labute approximate surface area is 174 Å². The summed E-state index contributed by atoms with van der Waals surface area (Å²) in [6.45, 7) is 4.64. The molecular formula is C22H23N3O3S. The lowest BCUT2D eigenvalue weighted by atomic mass is 10.2. The molecule has 0 radical (unpaired) electrons. The van der Waals surface area contributed by atoms with Crippen LogP contribution < -0.4 is 10.1 Å². The van der Waals surface area contributed by atoms with Gasteiger partial charge in [0, 0.05) is 36.6 Å². The zero-order valence-corrected chi connectivity index (χ0v) is 17.5. The van der Waals surface area contributed by atoms with Crippen LogP contribution in [0.5, 0.6) is 5.75 Å². The molecule has 2 aromatic carbocycles. The molecule has 0 spiro atoms. The largest absolute Gasteiger partial charge is 0.497 e. The number of anilines is 1. The molecule has 1 aromatic heterocycles. The average molecular weight is 410 g/mol. The fourth-order valence-electron chi connectivity index (χ4n) is 2.85. The van der Waals surface area contributed by atoms with Gasteiger partial charge in [-0.3, -0.25) is 9.59 Å². The summed E-state index contributed by atoms with van der Waals surface area (Å²) in [5, 5.41) is 5.40. The maximum Gasteiger partial charge on any atom is 0.275 e. The number of thiazole rings is 1. The Morgan fingerprint density at radius 2 is 1.93 bits per heavy atom. The highest BCUT2D eigenvalue weighted by Crippen LogP contribution is 2.26. The van der Waals surface area contributed by atoms with E-state index in [1.165, 1.54) is 11.3 Å². The molecule has 0 saturated carbocycles. The van der Waals surface area contributed by atoms with Gasteiger partial charge in [-0.25, -0.2) is 4.98 Å². The Morgan fingerprint density at radius 1 is 1.17 bits per heavy atom. The zero-order chi connectivity index (χ0) is 20.8. The topological polar surface area (TPSA) is 71.5 Å². The number of hydrogen-bond donors (Lipinski definition) is 1. The molecular weight excluding hydrogens is 386 g/mol. The zero-order valence-electron chi connectivity index (χ0n) is 16.6. The third-order valence-corrected chi connectivity index (χ3v) is 5.35. The fourth-order valence-corrected chi connectivity index (χ4v) is 3.66. The first-order valence-electron chi connectivity index (χ1n) is 9.26. The lowest BCUT2D eigenvalue weighted by Crippen LogP contribution is -2.27. The fraction of sp³-hybridized carbons (Fsp3) is 0.227. The van der Waals surface area contributed by atoms with Crippen LogP contribution in [0.25, 0.3) is 10.6 Å². The smallest absolute Gasteiger partial charge is 0.275 e. The van der Waals surface area contributed by atoms with E-state index < -0.39 is 0 Å². The van der Waals surface area contributed by atoms with Gasteiger partial charge in [-0.1, -0.05) is 12.1 Å². The average Bonchev–Trinajstić information content (AvgIpc) is 3.22. The van der Waals surface area contributed by atoms with E-state index in [4.69, 9.17) is 4.74 Å². The molecule has 150 valence electrons. The van der Waals surface area contributed by atoms with Gasteiger partial charge in [-0.2, -0.15) is 0 Å². The Bertz CT molecular complexity index is 999. The number of nitrogens with zero attached hydrogens (tertiary/aromatic N) is 2. The van der Waals surface area contributed by atoms with Crippen LogP contribution in [0.3, 0.4) is 0 Å². The molecule has 0 bridgehead atoms. The first kappa shape index (κ1) is 20.5. The maximum atomic E-state index is 12.6. The summed E-state index contributed by atoms with van der Waals surface area (Å²) in [5.74, 6) is 0.530. The molecule has 7 heteroatoms. The molecule has 29 heavy (non-hydrogen) atoms. The van der Waals surface area contributed by atoms with Crippen LogP contribution in [0.2, 0.25) is 0 Å².